The Morgan fingerprint density at radius 3 is 2.56 bits per heavy atom. The van der Waals surface area contributed by atoms with E-state index in [0.29, 0.717) is 27.9 Å². The highest BCUT2D eigenvalue weighted by molar-refractivity contribution is 6.31. The van der Waals surface area contributed by atoms with E-state index in [1.54, 1.807) is 60.3 Å². The molecule has 7 heteroatoms. The van der Waals surface area contributed by atoms with Gasteiger partial charge >= 0.3 is 5.97 Å². The summed E-state index contributed by atoms with van der Waals surface area (Å²) < 4.78 is 12.4. The fraction of sp³-hybridized carbons (Fsp3) is 0.100. The van der Waals surface area contributed by atoms with Crippen molar-refractivity contribution in [1.82, 2.24) is 4.57 Å². The molecule has 0 unspecified atom stereocenters. The van der Waals surface area contributed by atoms with Crippen LogP contribution in [0.1, 0.15) is 10.5 Å². The van der Waals surface area contributed by atoms with E-state index < -0.39 is 18.5 Å². The fourth-order valence-corrected chi connectivity index (χ4v) is 2.54. The maximum Gasteiger partial charge on any atom is 0.355 e. The number of aromatic nitrogens is 1. The van der Waals surface area contributed by atoms with Crippen molar-refractivity contribution in [3.63, 3.8) is 0 Å². The van der Waals surface area contributed by atoms with E-state index in [1.807, 2.05) is 18.2 Å². The van der Waals surface area contributed by atoms with E-state index in [2.05, 4.69) is 5.32 Å². The number of carbonyl (C=O) groups excluding carboxylic acids is 2. The van der Waals surface area contributed by atoms with Gasteiger partial charge in [-0.05, 0) is 42.5 Å². The van der Waals surface area contributed by atoms with Crippen LogP contribution in [0.25, 0.3) is 0 Å². The number of aryl methyl sites for hydroxylation is 1. The first-order valence-electron chi connectivity index (χ1n) is 8.13. The van der Waals surface area contributed by atoms with E-state index in [0.717, 1.165) is 0 Å². The fourth-order valence-electron chi connectivity index (χ4n) is 2.37. The lowest BCUT2D eigenvalue weighted by Crippen LogP contribution is -2.22. The molecule has 0 aliphatic rings. The van der Waals surface area contributed by atoms with Gasteiger partial charge in [0.2, 0.25) is 0 Å². The molecule has 0 aliphatic carbocycles. The summed E-state index contributed by atoms with van der Waals surface area (Å²) in [5.74, 6) is -0.0413. The Bertz CT molecular complexity index is 954. The van der Waals surface area contributed by atoms with Gasteiger partial charge in [-0.25, -0.2) is 4.79 Å². The van der Waals surface area contributed by atoms with Gasteiger partial charge in [0.05, 0.1) is 5.69 Å². The second-order valence-corrected chi connectivity index (χ2v) is 6.12. The summed E-state index contributed by atoms with van der Waals surface area (Å²) in [5, 5.41) is 3.09. The molecule has 0 saturated heterocycles. The molecule has 27 heavy (non-hydrogen) atoms. The smallest absolute Gasteiger partial charge is 0.355 e. The van der Waals surface area contributed by atoms with Crippen molar-refractivity contribution in [1.29, 1.82) is 0 Å². The SMILES string of the molecule is Cn1cccc1C(=O)OCC(=O)Nc1cc(Cl)ccc1Oc1ccccc1. The molecular weight excluding hydrogens is 368 g/mol. The van der Waals surface area contributed by atoms with Crippen LogP contribution in [0.5, 0.6) is 11.5 Å². The molecule has 3 rings (SSSR count). The van der Waals surface area contributed by atoms with E-state index in [-0.39, 0.29) is 0 Å². The van der Waals surface area contributed by atoms with Crippen molar-refractivity contribution in [2.75, 3.05) is 11.9 Å². The van der Waals surface area contributed by atoms with Gasteiger partial charge in [-0.15, -0.1) is 0 Å². The summed E-state index contributed by atoms with van der Waals surface area (Å²) in [6, 6.07) is 17.3. The minimum Gasteiger partial charge on any atom is -0.455 e. The number of esters is 1. The van der Waals surface area contributed by atoms with Crippen LogP contribution >= 0.6 is 11.6 Å². The Hall–Kier alpha value is -3.25. The first-order chi connectivity index (χ1) is 13.0. The summed E-state index contributed by atoms with van der Waals surface area (Å²) in [5.41, 5.74) is 0.741. The molecule has 3 aromatic rings. The van der Waals surface area contributed by atoms with Crippen LogP contribution in [0.4, 0.5) is 5.69 Å². The molecule has 0 atom stereocenters. The summed E-state index contributed by atoms with van der Waals surface area (Å²) >= 11 is 6.02. The zero-order valence-corrected chi connectivity index (χ0v) is 15.3. The molecule has 0 aliphatic heterocycles. The number of amides is 1. The maximum atomic E-state index is 12.2. The molecule has 1 N–H and O–H groups in total. The summed E-state index contributed by atoms with van der Waals surface area (Å²) in [6.45, 7) is -0.429. The van der Waals surface area contributed by atoms with Crippen LogP contribution < -0.4 is 10.1 Å². The average molecular weight is 385 g/mol. The number of ether oxygens (including phenoxy) is 2. The number of para-hydroxylation sites is 1. The van der Waals surface area contributed by atoms with Crippen molar-refractivity contribution < 1.29 is 19.1 Å². The number of hydrogen-bond donors (Lipinski definition) is 1. The normalized spacial score (nSPS) is 10.3. The third-order valence-electron chi connectivity index (χ3n) is 3.67. The third-order valence-corrected chi connectivity index (χ3v) is 3.91. The highest BCUT2D eigenvalue weighted by Gasteiger charge is 2.14. The van der Waals surface area contributed by atoms with Gasteiger partial charge in [-0.3, -0.25) is 4.79 Å². The van der Waals surface area contributed by atoms with Crippen LogP contribution in [0, 0.1) is 0 Å². The Morgan fingerprint density at radius 2 is 1.85 bits per heavy atom. The Balaban J connectivity index is 1.65. The highest BCUT2D eigenvalue weighted by Crippen LogP contribution is 2.31. The Morgan fingerprint density at radius 1 is 1.07 bits per heavy atom. The number of nitrogens with one attached hydrogen (secondary N) is 1. The minimum atomic E-state index is -0.579. The topological polar surface area (TPSA) is 69.6 Å². The number of anilines is 1. The molecule has 0 fully saturated rings. The summed E-state index contributed by atoms with van der Waals surface area (Å²) in [6.07, 6.45) is 1.72. The number of benzene rings is 2. The summed E-state index contributed by atoms with van der Waals surface area (Å²) in [4.78, 5) is 24.2. The van der Waals surface area contributed by atoms with Gasteiger partial charge in [-0.1, -0.05) is 29.8 Å². The molecule has 138 valence electrons. The number of nitrogens with zero attached hydrogens (tertiary/aromatic N) is 1. The van der Waals surface area contributed by atoms with Crippen molar-refractivity contribution in [2.24, 2.45) is 7.05 Å². The van der Waals surface area contributed by atoms with Crippen molar-refractivity contribution in [3.8, 4) is 11.5 Å². The first-order valence-corrected chi connectivity index (χ1v) is 8.51. The molecular formula is C20H17ClN2O4. The van der Waals surface area contributed by atoms with Crippen molar-refractivity contribution in [2.45, 2.75) is 0 Å². The van der Waals surface area contributed by atoms with E-state index >= 15 is 0 Å². The lowest BCUT2D eigenvalue weighted by atomic mass is 10.2. The van der Waals surface area contributed by atoms with Crippen LogP contribution in [0.2, 0.25) is 5.02 Å². The number of carbonyl (C=O) groups is 2. The third kappa shape index (κ3) is 4.89. The van der Waals surface area contributed by atoms with Crippen molar-refractivity contribution in [3.05, 3.63) is 77.6 Å². The van der Waals surface area contributed by atoms with Gasteiger partial charge in [0, 0.05) is 18.3 Å². The maximum absolute atomic E-state index is 12.2. The number of hydrogen-bond acceptors (Lipinski definition) is 4. The number of halogens is 1. The number of rotatable bonds is 6. The minimum absolute atomic E-state index is 0.360. The predicted octanol–water partition coefficient (Wildman–Crippen LogP) is 4.27. The first kappa shape index (κ1) is 18.5. The van der Waals surface area contributed by atoms with Gasteiger partial charge in [0.15, 0.2) is 12.4 Å². The van der Waals surface area contributed by atoms with Crippen LogP contribution in [0.15, 0.2) is 66.9 Å². The standard InChI is InChI=1S/C20H17ClN2O4/c1-23-11-5-8-17(23)20(25)26-13-19(24)22-16-12-14(21)9-10-18(16)27-15-6-3-2-4-7-15/h2-12H,13H2,1H3,(H,22,24). The summed E-state index contributed by atoms with van der Waals surface area (Å²) in [7, 11) is 1.72. The molecule has 0 spiro atoms. The van der Waals surface area contributed by atoms with Gasteiger partial charge < -0.3 is 19.4 Å². The van der Waals surface area contributed by atoms with Gasteiger partial charge in [0.25, 0.3) is 5.91 Å². The van der Waals surface area contributed by atoms with E-state index in [9.17, 15) is 9.59 Å². The lowest BCUT2D eigenvalue weighted by Gasteiger charge is -2.13. The molecule has 1 heterocycles. The predicted molar refractivity (Wildman–Crippen MR) is 102 cm³/mol. The second-order valence-electron chi connectivity index (χ2n) is 5.68. The van der Waals surface area contributed by atoms with E-state index in [4.69, 9.17) is 21.1 Å². The van der Waals surface area contributed by atoms with Crippen LogP contribution in [-0.4, -0.2) is 23.1 Å². The highest BCUT2D eigenvalue weighted by atomic mass is 35.5. The second kappa shape index (κ2) is 8.42. The largest absolute Gasteiger partial charge is 0.455 e. The Labute approximate surface area is 161 Å². The van der Waals surface area contributed by atoms with Crippen LogP contribution in [-0.2, 0) is 16.6 Å². The molecule has 1 aromatic heterocycles. The van der Waals surface area contributed by atoms with Gasteiger partial charge in [0.1, 0.15) is 11.4 Å². The zero-order chi connectivity index (χ0) is 19.2. The van der Waals surface area contributed by atoms with Crippen molar-refractivity contribution >= 4 is 29.2 Å². The molecule has 2 aromatic carbocycles. The zero-order valence-electron chi connectivity index (χ0n) is 14.5. The molecule has 0 saturated carbocycles. The van der Waals surface area contributed by atoms with Crippen LogP contribution in [0.3, 0.4) is 0 Å². The van der Waals surface area contributed by atoms with E-state index in [1.165, 1.54) is 0 Å². The average Bonchev–Trinajstić information content (AvgIpc) is 3.09. The van der Waals surface area contributed by atoms with Gasteiger partial charge in [-0.2, -0.15) is 0 Å². The molecule has 0 bridgehead atoms. The molecule has 1 amide bonds. The quantitative estimate of drug-likeness (QED) is 0.644. The monoisotopic (exact) mass is 384 g/mol. The Kier molecular flexibility index (Phi) is 5.78. The molecule has 6 nitrogen and oxygen atoms in total. The molecule has 0 radical (unpaired) electrons. The lowest BCUT2D eigenvalue weighted by molar-refractivity contribution is -0.119.